The van der Waals surface area contributed by atoms with Gasteiger partial charge in [0.25, 0.3) is 0 Å². The number of aliphatic imine (C=N–C) groups is 1. The number of benzene rings is 1. The van der Waals surface area contributed by atoms with E-state index in [9.17, 15) is 13.2 Å². The topological polar surface area (TPSA) is 39.7 Å². The molecule has 29 heavy (non-hydrogen) atoms. The number of anilines is 1. The first-order valence-electron chi connectivity index (χ1n) is 9.45. The van der Waals surface area contributed by atoms with Crippen LogP contribution in [0, 0.1) is 0 Å². The molecule has 0 radical (unpaired) electrons. The zero-order valence-electron chi connectivity index (χ0n) is 16.2. The molecule has 2 heterocycles. The SMILES string of the molecule is CCNC(=NCc1ccc(C(F)(F)F)cc1)NC1CCN(c2cccs2)CC1.I. The molecule has 0 atom stereocenters. The maximum atomic E-state index is 12.7. The van der Waals surface area contributed by atoms with Crippen LogP contribution in [0.3, 0.4) is 0 Å². The van der Waals surface area contributed by atoms with E-state index in [-0.39, 0.29) is 24.0 Å². The molecular weight excluding hydrogens is 512 g/mol. The molecule has 1 aliphatic heterocycles. The molecule has 0 aliphatic carbocycles. The van der Waals surface area contributed by atoms with Crippen LogP contribution in [0.4, 0.5) is 18.2 Å². The van der Waals surface area contributed by atoms with Gasteiger partial charge in [0.15, 0.2) is 5.96 Å². The number of alkyl halides is 3. The lowest BCUT2D eigenvalue weighted by Crippen LogP contribution is -2.48. The van der Waals surface area contributed by atoms with Crippen molar-refractivity contribution in [2.75, 3.05) is 24.5 Å². The number of piperidine rings is 1. The second kappa shape index (κ2) is 11.1. The minimum absolute atomic E-state index is 0. The van der Waals surface area contributed by atoms with Crippen LogP contribution in [0.1, 0.15) is 30.9 Å². The highest BCUT2D eigenvalue weighted by atomic mass is 127. The zero-order chi connectivity index (χ0) is 20.0. The van der Waals surface area contributed by atoms with Gasteiger partial charge in [0.1, 0.15) is 0 Å². The molecule has 1 fully saturated rings. The molecule has 9 heteroatoms. The summed E-state index contributed by atoms with van der Waals surface area (Å²) in [7, 11) is 0. The van der Waals surface area contributed by atoms with E-state index >= 15 is 0 Å². The predicted molar refractivity (Wildman–Crippen MR) is 124 cm³/mol. The van der Waals surface area contributed by atoms with Crippen molar-refractivity contribution >= 4 is 46.3 Å². The van der Waals surface area contributed by atoms with Crippen LogP contribution in [0.2, 0.25) is 0 Å². The lowest BCUT2D eigenvalue weighted by atomic mass is 10.1. The van der Waals surface area contributed by atoms with Gasteiger partial charge in [-0.15, -0.1) is 35.3 Å². The Kier molecular flexibility index (Phi) is 9.06. The Hall–Kier alpha value is -1.49. The van der Waals surface area contributed by atoms with Crippen molar-refractivity contribution in [2.45, 2.75) is 38.5 Å². The smallest absolute Gasteiger partial charge is 0.363 e. The van der Waals surface area contributed by atoms with E-state index in [2.05, 4.69) is 38.0 Å². The minimum Gasteiger partial charge on any atom is -0.363 e. The largest absolute Gasteiger partial charge is 0.416 e. The van der Waals surface area contributed by atoms with Crippen molar-refractivity contribution < 1.29 is 13.2 Å². The lowest BCUT2D eigenvalue weighted by Gasteiger charge is -2.33. The standard InChI is InChI=1S/C20H25F3N4S.HI/c1-2-24-19(25-14-15-5-7-16(8-6-15)20(21,22)23)26-17-9-11-27(12-10-17)18-4-3-13-28-18;/h3-8,13,17H,2,9-12,14H2,1H3,(H2,24,25,26);1H. The number of halogens is 4. The maximum Gasteiger partial charge on any atom is 0.416 e. The van der Waals surface area contributed by atoms with Crippen molar-refractivity contribution in [1.29, 1.82) is 0 Å². The second-order valence-electron chi connectivity index (χ2n) is 6.75. The number of rotatable bonds is 5. The van der Waals surface area contributed by atoms with Gasteiger partial charge in [-0.25, -0.2) is 4.99 Å². The van der Waals surface area contributed by atoms with Crippen LogP contribution in [-0.2, 0) is 12.7 Å². The first kappa shape index (κ1) is 23.8. The number of nitrogens with zero attached hydrogens (tertiary/aromatic N) is 2. The van der Waals surface area contributed by atoms with Crippen molar-refractivity contribution in [3.63, 3.8) is 0 Å². The fourth-order valence-corrected chi connectivity index (χ4v) is 3.96. The Morgan fingerprint density at radius 3 is 2.41 bits per heavy atom. The summed E-state index contributed by atoms with van der Waals surface area (Å²) in [5.74, 6) is 0.706. The van der Waals surface area contributed by atoms with Gasteiger partial charge in [-0.3, -0.25) is 0 Å². The third-order valence-corrected chi connectivity index (χ3v) is 5.63. The molecule has 4 nitrogen and oxygen atoms in total. The van der Waals surface area contributed by atoms with Crippen molar-refractivity contribution in [2.24, 2.45) is 4.99 Å². The molecule has 1 aliphatic rings. The number of thiophene rings is 1. The lowest BCUT2D eigenvalue weighted by molar-refractivity contribution is -0.137. The number of guanidine groups is 1. The summed E-state index contributed by atoms with van der Waals surface area (Å²) in [6.07, 6.45) is -2.28. The normalized spacial score (nSPS) is 15.7. The molecule has 160 valence electrons. The molecule has 1 saturated heterocycles. The second-order valence-corrected chi connectivity index (χ2v) is 7.67. The average Bonchev–Trinajstić information content (AvgIpc) is 3.21. The molecule has 0 amide bonds. The van der Waals surface area contributed by atoms with Crippen molar-refractivity contribution in [3.8, 4) is 0 Å². The average molecular weight is 538 g/mol. The minimum atomic E-state index is -4.31. The highest BCUT2D eigenvalue weighted by Gasteiger charge is 2.29. The number of hydrogen-bond donors (Lipinski definition) is 2. The first-order valence-corrected chi connectivity index (χ1v) is 10.3. The Balaban J connectivity index is 0.00000300. The number of hydrogen-bond acceptors (Lipinski definition) is 3. The van der Waals surface area contributed by atoms with Crippen LogP contribution in [0.5, 0.6) is 0 Å². The van der Waals surface area contributed by atoms with Crippen LogP contribution in [-0.4, -0.2) is 31.6 Å². The van der Waals surface area contributed by atoms with Gasteiger partial charge in [-0.05, 0) is 55.0 Å². The van der Waals surface area contributed by atoms with E-state index in [1.807, 2.05) is 6.92 Å². The fourth-order valence-electron chi connectivity index (χ4n) is 3.18. The van der Waals surface area contributed by atoms with Crippen LogP contribution >= 0.6 is 35.3 Å². The Morgan fingerprint density at radius 1 is 1.17 bits per heavy atom. The summed E-state index contributed by atoms with van der Waals surface area (Å²) >= 11 is 1.76. The summed E-state index contributed by atoms with van der Waals surface area (Å²) in [6, 6.07) is 9.72. The molecule has 0 bridgehead atoms. The third kappa shape index (κ3) is 7.06. The highest BCUT2D eigenvalue weighted by molar-refractivity contribution is 14.0. The molecule has 0 spiro atoms. The van der Waals surface area contributed by atoms with E-state index in [0.717, 1.165) is 50.2 Å². The molecule has 0 unspecified atom stereocenters. The van der Waals surface area contributed by atoms with Gasteiger partial charge in [-0.2, -0.15) is 13.2 Å². The maximum absolute atomic E-state index is 12.7. The Morgan fingerprint density at radius 2 is 1.86 bits per heavy atom. The van der Waals surface area contributed by atoms with E-state index in [0.29, 0.717) is 18.5 Å². The van der Waals surface area contributed by atoms with Gasteiger partial charge < -0.3 is 15.5 Å². The van der Waals surface area contributed by atoms with Crippen LogP contribution in [0.25, 0.3) is 0 Å². The van der Waals surface area contributed by atoms with Crippen molar-refractivity contribution in [3.05, 3.63) is 52.9 Å². The first-order chi connectivity index (χ1) is 13.5. The van der Waals surface area contributed by atoms with Crippen LogP contribution in [0.15, 0.2) is 46.8 Å². The zero-order valence-corrected chi connectivity index (χ0v) is 19.4. The summed E-state index contributed by atoms with van der Waals surface area (Å²) in [6.45, 7) is 5.05. The summed E-state index contributed by atoms with van der Waals surface area (Å²) in [5, 5.41) is 10.1. The molecular formula is C20H26F3IN4S. The van der Waals surface area contributed by atoms with Gasteiger partial charge in [0, 0.05) is 25.7 Å². The summed E-state index contributed by atoms with van der Waals surface area (Å²) in [5.41, 5.74) is 0.112. The van der Waals surface area contributed by atoms with E-state index < -0.39 is 11.7 Å². The fraction of sp³-hybridized carbons (Fsp3) is 0.450. The highest BCUT2D eigenvalue weighted by Crippen LogP contribution is 2.29. The van der Waals surface area contributed by atoms with E-state index in [4.69, 9.17) is 0 Å². The monoisotopic (exact) mass is 538 g/mol. The van der Waals surface area contributed by atoms with Gasteiger partial charge in [-0.1, -0.05) is 12.1 Å². The van der Waals surface area contributed by atoms with Crippen molar-refractivity contribution in [1.82, 2.24) is 10.6 Å². The molecule has 1 aromatic carbocycles. The quantitative estimate of drug-likeness (QED) is 0.316. The predicted octanol–water partition coefficient (Wildman–Crippen LogP) is 5.11. The molecule has 3 rings (SSSR count). The Bertz CT molecular complexity index is 755. The Labute approximate surface area is 190 Å². The summed E-state index contributed by atoms with van der Waals surface area (Å²) in [4.78, 5) is 6.94. The van der Waals surface area contributed by atoms with E-state index in [1.54, 1.807) is 11.3 Å². The van der Waals surface area contributed by atoms with Gasteiger partial charge >= 0.3 is 6.18 Å². The summed E-state index contributed by atoms with van der Waals surface area (Å²) < 4.78 is 38.0. The van der Waals surface area contributed by atoms with E-state index in [1.165, 1.54) is 17.1 Å². The molecule has 2 N–H and O–H groups in total. The number of nitrogens with one attached hydrogen (secondary N) is 2. The molecule has 0 saturated carbocycles. The van der Waals surface area contributed by atoms with Gasteiger partial charge in [0.05, 0.1) is 17.1 Å². The van der Waals surface area contributed by atoms with Crippen LogP contribution < -0.4 is 15.5 Å². The molecule has 2 aromatic rings. The van der Waals surface area contributed by atoms with Gasteiger partial charge in [0.2, 0.25) is 0 Å². The molecule has 1 aromatic heterocycles. The third-order valence-electron chi connectivity index (χ3n) is 4.70.